The third-order valence-electron chi connectivity index (χ3n) is 6.23. The molecule has 5 nitrogen and oxygen atoms in total. The minimum Gasteiger partial charge on any atom is -0.493 e. The Morgan fingerprint density at radius 3 is 2.55 bits per heavy atom. The van der Waals surface area contributed by atoms with Crippen molar-refractivity contribution in [3.05, 3.63) is 23.4 Å². The summed E-state index contributed by atoms with van der Waals surface area (Å²) in [6, 6.07) is 4.25. The molecule has 0 radical (unpaired) electrons. The Hall–Kier alpha value is -1.45. The summed E-state index contributed by atoms with van der Waals surface area (Å²) in [7, 11) is 4.15. The Morgan fingerprint density at radius 1 is 1.16 bits per heavy atom. The van der Waals surface area contributed by atoms with Crippen LogP contribution >= 0.6 is 24.8 Å². The monoisotopic (exact) mass is 467 g/mol. The number of halogens is 2. The van der Waals surface area contributed by atoms with Gasteiger partial charge in [-0.15, -0.1) is 31.2 Å². The second kappa shape index (κ2) is 12.0. The second-order valence-corrected chi connectivity index (χ2v) is 9.00. The molecule has 2 aromatic rings. The van der Waals surface area contributed by atoms with E-state index in [-0.39, 0.29) is 24.8 Å². The van der Waals surface area contributed by atoms with E-state index in [4.69, 9.17) is 15.7 Å². The van der Waals surface area contributed by atoms with Gasteiger partial charge < -0.3 is 14.2 Å². The third-order valence-corrected chi connectivity index (χ3v) is 6.23. The normalized spacial score (nSPS) is 17.2. The number of benzene rings is 1. The van der Waals surface area contributed by atoms with Gasteiger partial charge in [0.1, 0.15) is 5.75 Å². The molecule has 2 aliphatic rings. The molecule has 0 amide bonds. The molecule has 0 unspecified atom stereocenters. The molecule has 1 aliphatic heterocycles. The van der Waals surface area contributed by atoms with Crippen LogP contribution in [0, 0.1) is 24.2 Å². The van der Waals surface area contributed by atoms with Gasteiger partial charge in [-0.2, -0.15) is 0 Å². The molecule has 1 saturated heterocycles. The summed E-state index contributed by atoms with van der Waals surface area (Å²) in [5.74, 6) is 5.18. The van der Waals surface area contributed by atoms with Crippen LogP contribution < -0.4 is 4.74 Å². The lowest BCUT2D eigenvalue weighted by molar-refractivity contribution is 0.197. The fourth-order valence-electron chi connectivity index (χ4n) is 4.27. The number of hydrogen-bond donors (Lipinski definition) is 0. The molecule has 7 heteroatoms. The summed E-state index contributed by atoms with van der Waals surface area (Å²) >= 11 is 0. The number of nitrogens with zero attached hydrogens (tertiary/aromatic N) is 3. The van der Waals surface area contributed by atoms with Crippen LogP contribution in [0.1, 0.15) is 43.4 Å². The second-order valence-electron chi connectivity index (χ2n) is 9.00. The number of likely N-dealkylation sites (tertiary alicyclic amines) is 1. The predicted molar refractivity (Wildman–Crippen MR) is 130 cm³/mol. The van der Waals surface area contributed by atoms with Gasteiger partial charge in [0.15, 0.2) is 5.58 Å². The molecule has 1 aromatic heterocycles. The highest BCUT2D eigenvalue weighted by molar-refractivity contribution is 5.86. The molecule has 0 atom stereocenters. The molecule has 4 rings (SSSR count). The van der Waals surface area contributed by atoms with Crippen LogP contribution in [0.25, 0.3) is 11.0 Å². The number of ether oxygens (including phenoxy) is 1. The van der Waals surface area contributed by atoms with E-state index in [1.165, 1.54) is 25.7 Å². The molecule has 2 heterocycles. The van der Waals surface area contributed by atoms with Gasteiger partial charge in [-0.25, -0.2) is 0 Å². The Morgan fingerprint density at radius 2 is 1.90 bits per heavy atom. The summed E-state index contributed by atoms with van der Waals surface area (Å²) in [5.41, 5.74) is 3.10. The van der Waals surface area contributed by atoms with E-state index >= 15 is 0 Å². The predicted octanol–water partition coefficient (Wildman–Crippen LogP) is 4.80. The van der Waals surface area contributed by atoms with Gasteiger partial charge >= 0.3 is 0 Å². The van der Waals surface area contributed by atoms with Crippen LogP contribution in [0.2, 0.25) is 0 Å². The zero-order chi connectivity index (χ0) is 20.2. The Labute approximate surface area is 198 Å². The van der Waals surface area contributed by atoms with E-state index in [1.54, 1.807) is 0 Å². The molecule has 0 N–H and O–H groups in total. The summed E-state index contributed by atoms with van der Waals surface area (Å²) in [5, 5.41) is 5.60. The van der Waals surface area contributed by atoms with E-state index in [1.807, 2.05) is 0 Å². The van der Waals surface area contributed by atoms with E-state index in [9.17, 15) is 0 Å². The summed E-state index contributed by atoms with van der Waals surface area (Å²) in [6.45, 7) is 4.61. The van der Waals surface area contributed by atoms with Crippen LogP contribution in [0.5, 0.6) is 5.75 Å². The van der Waals surface area contributed by atoms with Gasteiger partial charge in [-0.1, -0.05) is 11.1 Å². The summed E-state index contributed by atoms with van der Waals surface area (Å²) < 4.78 is 12.0. The van der Waals surface area contributed by atoms with Crippen molar-refractivity contribution in [1.29, 1.82) is 0 Å². The van der Waals surface area contributed by atoms with Crippen LogP contribution in [0.15, 0.2) is 16.7 Å². The first-order valence-corrected chi connectivity index (χ1v) is 11.0. The standard InChI is InChI=1S/C24H33N3O2.2ClH/c1-4-13-27-14-11-18(12-15-27)7-9-22-20-8-10-23(28-17-19-5-6-19)21(16-26(2)3)24(20)29-25-22;;/h1,8,10,18-19H,5-7,9,11-17H2,2-3H3;2*1H. The number of aromatic nitrogens is 1. The average molecular weight is 468 g/mol. The lowest BCUT2D eigenvalue weighted by atomic mass is 9.91. The van der Waals surface area contributed by atoms with Crippen molar-refractivity contribution in [2.45, 2.75) is 45.1 Å². The Kier molecular flexibility index (Phi) is 9.96. The Bertz CT molecular complexity index is 866. The van der Waals surface area contributed by atoms with Gasteiger partial charge in [-0.3, -0.25) is 4.90 Å². The SMILES string of the molecule is C#CCN1CCC(CCc2noc3c(CN(C)C)c(OCC4CC4)ccc23)CC1.Cl.Cl. The third kappa shape index (κ3) is 6.76. The average Bonchev–Trinajstić information content (AvgIpc) is 3.45. The molecule has 1 aliphatic carbocycles. The minimum absolute atomic E-state index is 0. The highest BCUT2D eigenvalue weighted by Gasteiger charge is 2.24. The number of rotatable bonds is 9. The molecule has 31 heavy (non-hydrogen) atoms. The minimum atomic E-state index is 0. The smallest absolute Gasteiger partial charge is 0.175 e. The maximum atomic E-state index is 6.13. The largest absolute Gasteiger partial charge is 0.493 e. The van der Waals surface area contributed by atoms with Crippen molar-refractivity contribution in [2.75, 3.05) is 40.3 Å². The van der Waals surface area contributed by atoms with Crippen LogP contribution in [-0.4, -0.2) is 55.3 Å². The van der Waals surface area contributed by atoms with Gasteiger partial charge in [0.05, 0.1) is 24.4 Å². The van der Waals surface area contributed by atoms with Crippen molar-refractivity contribution in [3.63, 3.8) is 0 Å². The molecule has 1 aromatic carbocycles. The maximum absolute atomic E-state index is 6.13. The van der Waals surface area contributed by atoms with Crippen molar-refractivity contribution < 1.29 is 9.26 Å². The van der Waals surface area contributed by atoms with Crippen molar-refractivity contribution in [2.24, 2.45) is 11.8 Å². The first-order chi connectivity index (χ1) is 14.1. The first-order valence-electron chi connectivity index (χ1n) is 11.0. The van der Waals surface area contributed by atoms with Crippen LogP contribution in [-0.2, 0) is 13.0 Å². The number of terminal acetylenes is 1. The summed E-state index contributed by atoms with van der Waals surface area (Å²) in [6.07, 6.45) is 12.6. The lowest BCUT2D eigenvalue weighted by Gasteiger charge is -2.30. The van der Waals surface area contributed by atoms with Crippen LogP contribution in [0.4, 0.5) is 0 Å². The fourth-order valence-corrected chi connectivity index (χ4v) is 4.27. The van der Waals surface area contributed by atoms with E-state index < -0.39 is 0 Å². The quantitative estimate of drug-likeness (QED) is 0.495. The molecule has 2 fully saturated rings. The van der Waals surface area contributed by atoms with Gasteiger partial charge in [0.2, 0.25) is 0 Å². The Balaban J connectivity index is 0.00000171. The molecule has 0 spiro atoms. The van der Waals surface area contributed by atoms with Gasteiger partial charge in [0.25, 0.3) is 0 Å². The molecular formula is C24H35Cl2N3O2. The van der Waals surface area contributed by atoms with E-state index in [0.717, 1.165) is 85.4 Å². The number of fused-ring (bicyclic) bond motifs is 1. The number of hydrogen-bond acceptors (Lipinski definition) is 5. The summed E-state index contributed by atoms with van der Waals surface area (Å²) in [4.78, 5) is 4.53. The van der Waals surface area contributed by atoms with E-state index in [2.05, 4.69) is 47.1 Å². The maximum Gasteiger partial charge on any atom is 0.175 e. The molecule has 172 valence electrons. The van der Waals surface area contributed by atoms with Gasteiger partial charge in [-0.05, 0) is 89.7 Å². The lowest BCUT2D eigenvalue weighted by Crippen LogP contribution is -2.34. The number of aryl methyl sites for hydroxylation is 1. The topological polar surface area (TPSA) is 41.7 Å². The van der Waals surface area contributed by atoms with Crippen molar-refractivity contribution in [3.8, 4) is 18.1 Å². The van der Waals surface area contributed by atoms with E-state index in [0.29, 0.717) is 0 Å². The molecule has 1 saturated carbocycles. The highest BCUT2D eigenvalue weighted by Crippen LogP contribution is 2.35. The number of piperidine rings is 1. The zero-order valence-corrected chi connectivity index (χ0v) is 20.3. The van der Waals surface area contributed by atoms with Crippen molar-refractivity contribution >= 4 is 35.8 Å². The highest BCUT2D eigenvalue weighted by atomic mass is 35.5. The fraction of sp³-hybridized carbons (Fsp3) is 0.625. The van der Waals surface area contributed by atoms with Crippen LogP contribution in [0.3, 0.4) is 0 Å². The zero-order valence-electron chi connectivity index (χ0n) is 18.6. The van der Waals surface area contributed by atoms with Gasteiger partial charge in [0, 0.05) is 11.9 Å². The van der Waals surface area contributed by atoms with Crippen molar-refractivity contribution in [1.82, 2.24) is 15.0 Å². The molecular weight excluding hydrogens is 433 g/mol. The molecule has 0 bridgehead atoms. The first kappa shape index (κ1) is 25.8.